The van der Waals surface area contributed by atoms with E-state index in [-0.39, 0.29) is 11.8 Å². The van der Waals surface area contributed by atoms with Gasteiger partial charge in [-0.25, -0.2) is 0 Å². The number of nitrogens with one attached hydrogen (secondary N) is 1. The first kappa shape index (κ1) is 11.0. The number of amides is 1. The molecule has 0 aliphatic rings. The van der Waals surface area contributed by atoms with Crippen LogP contribution in [0.5, 0.6) is 0 Å². The van der Waals surface area contributed by atoms with E-state index >= 15 is 0 Å². The molecule has 0 saturated heterocycles. The van der Waals surface area contributed by atoms with Crippen molar-refractivity contribution in [1.82, 2.24) is 0 Å². The van der Waals surface area contributed by atoms with Gasteiger partial charge in [0, 0.05) is 11.1 Å². The Morgan fingerprint density at radius 3 is 2.88 bits per heavy atom. The molecule has 0 saturated carbocycles. The zero-order valence-corrected chi connectivity index (χ0v) is 9.89. The van der Waals surface area contributed by atoms with Crippen LogP contribution in [0, 0.1) is 13.8 Å². The molecule has 0 unspecified atom stereocenters. The Hall–Kier alpha value is -1.48. The first-order valence-corrected chi connectivity index (χ1v) is 5.51. The third-order valence-electron chi connectivity index (χ3n) is 2.58. The van der Waals surface area contributed by atoms with Gasteiger partial charge < -0.3 is 9.73 Å². The van der Waals surface area contributed by atoms with Crippen molar-refractivity contribution in [2.45, 2.75) is 13.8 Å². The summed E-state index contributed by atoms with van der Waals surface area (Å²) in [6.45, 7) is 3.92. The number of halogens is 1. The number of fused-ring (bicyclic) bond motifs is 1. The minimum atomic E-state index is -0.209. The molecule has 0 aliphatic carbocycles. The lowest BCUT2D eigenvalue weighted by Gasteiger charge is -2.02. The van der Waals surface area contributed by atoms with Crippen LogP contribution in [0.2, 0.25) is 0 Å². The molecular weight excluding hydrogens is 226 g/mol. The number of aryl methyl sites for hydroxylation is 2. The molecule has 0 spiro atoms. The molecule has 0 bridgehead atoms. The van der Waals surface area contributed by atoms with E-state index < -0.39 is 0 Å². The van der Waals surface area contributed by atoms with Gasteiger partial charge in [0.2, 0.25) is 5.91 Å². The number of carbonyl (C=O) groups is 1. The smallest absolute Gasteiger partial charge is 0.239 e. The molecule has 3 nitrogen and oxygen atoms in total. The zero-order valence-electron chi connectivity index (χ0n) is 9.13. The number of alkyl halides is 1. The van der Waals surface area contributed by atoms with Crippen LogP contribution in [-0.2, 0) is 4.79 Å². The molecule has 1 amide bonds. The third-order valence-corrected chi connectivity index (χ3v) is 2.82. The van der Waals surface area contributed by atoms with Crippen LogP contribution >= 0.6 is 11.6 Å². The van der Waals surface area contributed by atoms with Crippen LogP contribution in [0.15, 0.2) is 22.6 Å². The van der Waals surface area contributed by atoms with Crippen LogP contribution in [0.4, 0.5) is 5.69 Å². The van der Waals surface area contributed by atoms with Crippen molar-refractivity contribution in [2.24, 2.45) is 0 Å². The lowest BCUT2D eigenvalue weighted by molar-refractivity contribution is -0.113. The van der Waals surface area contributed by atoms with Gasteiger partial charge in [0.05, 0.1) is 0 Å². The minimum Gasteiger partial charge on any atom is -0.461 e. The normalized spacial score (nSPS) is 10.7. The fourth-order valence-corrected chi connectivity index (χ4v) is 1.68. The van der Waals surface area contributed by atoms with Crippen molar-refractivity contribution in [3.63, 3.8) is 0 Å². The topological polar surface area (TPSA) is 42.2 Å². The van der Waals surface area contributed by atoms with E-state index in [1.165, 1.54) is 0 Å². The van der Waals surface area contributed by atoms with Crippen molar-refractivity contribution in [3.8, 4) is 0 Å². The van der Waals surface area contributed by atoms with Crippen molar-refractivity contribution >= 4 is 34.2 Å². The van der Waals surface area contributed by atoms with E-state index in [4.69, 9.17) is 16.0 Å². The van der Waals surface area contributed by atoms with Gasteiger partial charge in [0.1, 0.15) is 17.2 Å². The van der Waals surface area contributed by atoms with E-state index in [1.54, 1.807) is 6.07 Å². The van der Waals surface area contributed by atoms with Gasteiger partial charge in [-0.3, -0.25) is 4.79 Å². The van der Waals surface area contributed by atoms with Crippen molar-refractivity contribution in [1.29, 1.82) is 0 Å². The molecule has 1 heterocycles. The van der Waals surface area contributed by atoms with Crippen LogP contribution in [0.25, 0.3) is 11.0 Å². The monoisotopic (exact) mass is 237 g/mol. The van der Waals surface area contributed by atoms with Crippen LogP contribution < -0.4 is 5.32 Å². The summed E-state index contributed by atoms with van der Waals surface area (Å²) in [6.07, 6.45) is 0. The highest BCUT2D eigenvalue weighted by Crippen LogP contribution is 2.27. The Bertz CT molecular complexity index is 545. The van der Waals surface area contributed by atoms with E-state index in [2.05, 4.69) is 5.32 Å². The predicted molar refractivity (Wildman–Crippen MR) is 65.0 cm³/mol. The Morgan fingerprint density at radius 1 is 1.44 bits per heavy atom. The lowest BCUT2D eigenvalue weighted by Crippen LogP contribution is -2.12. The summed E-state index contributed by atoms with van der Waals surface area (Å²) in [4.78, 5) is 11.1. The molecule has 1 aromatic heterocycles. The van der Waals surface area contributed by atoms with Gasteiger partial charge in [-0.15, -0.1) is 11.6 Å². The van der Waals surface area contributed by atoms with Crippen LogP contribution in [-0.4, -0.2) is 11.8 Å². The third kappa shape index (κ3) is 1.91. The standard InChI is InChI=1S/C12H12ClNO2/c1-7-8(2)16-11-4-3-9(5-10(7)11)14-12(15)6-13/h3-5H,6H2,1-2H3,(H,14,15). The Labute approximate surface area is 98.4 Å². The molecule has 0 radical (unpaired) electrons. The molecule has 4 heteroatoms. The molecular formula is C12H12ClNO2. The molecule has 2 aromatic rings. The molecule has 84 valence electrons. The molecule has 16 heavy (non-hydrogen) atoms. The Morgan fingerprint density at radius 2 is 2.19 bits per heavy atom. The maximum Gasteiger partial charge on any atom is 0.239 e. The van der Waals surface area contributed by atoms with Gasteiger partial charge >= 0.3 is 0 Å². The first-order chi connectivity index (χ1) is 7.61. The number of hydrogen-bond donors (Lipinski definition) is 1. The van der Waals surface area contributed by atoms with Crippen LogP contribution in [0.3, 0.4) is 0 Å². The summed E-state index contributed by atoms with van der Waals surface area (Å²) in [5.41, 5.74) is 2.66. The summed E-state index contributed by atoms with van der Waals surface area (Å²) in [6, 6.07) is 5.54. The van der Waals surface area contributed by atoms with Gasteiger partial charge in [0.25, 0.3) is 0 Å². The Balaban J connectivity index is 2.43. The van der Waals surface area contributed by atoms with Gasteiger partial charge in [-0.05, 0) is 37.6 Å². The predicted octanol–water partition coefficient (Wildman–Crippen LogP) is 3.23. The van der Waals surface area contributed by atoms with Crippen LogP contribution in [0.1, 0.15) is 11.3 Å². The van der Waals surface area contributed by atoms with Gasteiger partial charge in [-0.1, -0.05) is 0 Å². The number of carbonyl (C=O) groups excluding carboxylic acids is 1. The Kier molecular flexibility index (Phi) is 2.88. The van der Waals surface area contributed by atoms with Gasteiger partial charge in [-0.2, -0.15) is 0 Å². The van der Waals surface area contributed by atoms with Crippen molar-refractivity contribution < 1.29 is 9.21 Å². The summed E-state index contributed by atoms with van der Waals surface area (Å²) in [5.74, 6) is 0.649. The molecule has 1 N–H and O–H groups in total. The number of anilines is 1. The number of hydrogen-bond acceptors (Lipinski definition) is 2. The highest BCUT2D eigenvalue weighted by Gasteiger charge is 2.08. The van der Waals surface area contributed by atoms with E-state index in [1.807, 2.05) is 26.0 Å². The second-order valence-electron chi connectivity index (χ2n) is 3.68. The number of benzene rings is 1. The maximum absolute atomic E-state index is 11.1. The quantitative estimate of drug-likeness (QED) is 0.815. The van der Waals surface area contributed by atoms with E-state index in [0.29, 0.717) is 0 Å². The van der Waals surface area contributed by atoms with Crippen molar-refractivity contribution in [2.75, 3.05) is 11.2 Å². The molecule has 2 rings (SSSR count). The highest BCUT2D eigenvalue weighted by atomic mass is 35.5. The first-order valence-electron chi connectivity index (χ1n) is 4.97. The largest absolute Gasteiger partial charge is 0.461 e. The summed E-state index contributed by atoms with van der Waals surface area (Å²) in [7, 11) is 0. The number of furan rings is 1. The second-order valence-corrected chi connectivity index (χ2v) is 3.94. The number of rotatable bonds is 2. The SMILES string of the molecule is Cc1oc2ccc(NC(=O)CCl)cc2c1C. The lowest BCUT2D eigenvalue weighted by atomic mass is 10.1. The molecule has 0 atom stereocenters. The highest BCUT2D eigenvalue weighted by molar-refractivity contribution is 6.29. The molecule has 0 fully saturated rings. The van der Waals surface area contributed by atoms with E-state index in [9.17, 15) is 4.79 Å². The fourth-order valence-electron chi connectivity index (χ4n) is 1.62. The summed E-state index contributed by atoms with van der Waals surface area (Å²) < 4.78 is 5.55. The van der Waals surface area contributed by atoms with Crippen molar-refractivity contribution in [3.05, 3.63) is 29.5 Å². The second kappa shape index (κ2) is 4.18. The zero-order chi connectivity index (χ0) is 11.7. The minimum absolute atomic E-state index is 0.0402. The fraction of sp³-hybridized carbons (Fsp3) is 0.250. The van der Waals surface area contributed by atoms with E-state index in [0.717, 1.165) is 28.0 Å². The maximum atomic E-state index is 11.1. The molecule has 0 aliphatic heterocycles. The average Bonchev–Trinajstić information content (AvgIpc) is 2.55. The molecule has 1 aromatic carbocycles. The van der Waals surface area contributed by atoms with Gasteiger partial charge in [0.15, 0.2) is 0 Å². The summed E-state index contributed by atoms with van der Waals surface area (Å²) >= 11 is 5.42. The summed E-state index contributed by atoms with van der Waals surface area (Å²) in [5, 5.41) is 3.73. The average molecular weight is 238 g/mol.